The van der Waals surface area contributed by atoms with Gasteiger partial charge in [-0.2, -0.15) is 0 Å². The van der Waals surface area contributed by atoms with Gasteiger partial charge in [0, 0.05) is 39.5 Å². The number of aromatic nitrogens is 2. The Kier molecular flexibility index (Phi) is 8.19. The molecule has 6 nitrogen and oxygen atoms in total. The summed E-state index contributed by atoms with van der Waals surface area (Å²) in [5.74, 6) is 0.861. The lowest BCUT2D eigenvalue weighted by atomic mass is 10.3. The zero-order chi connectivity index (χ0) is 15.7. The molecule has 1 aromatic heterocycles. The first-order chi connectivity index (χ1) is 10.1. The van der Waals surface area contributed by atoms with Gasteiger partial charge >= 0.3 is 0 Å². The van der Waals surface area contributed by atoms with Crippen LogP contribution in [0.15, 0.2) is 12.4 Å². The van der Waals surface area contributed by atoms with Crippen molar-refractivity contribution in [1.29, 1.82) is 0 Å². The van der Waals surface area contributed by atoms with E-state index in [1.807, 2.05) is 0 Å². The van der Waals surface area contributed by atoms with Crippen LogP contribution in [0.3, 0.4) is 0 Å². The van der Waals surface area contributed by atoms with Crippen molar-refractivity contribution in [3.05, 3.63) is 18.1 Å². The van der Waals surface area contributed by atoms with Gasteiger partial charge in [-0.3, -0.25) is 4.98 Å². The monoisotopic (exact) mass is 296 g/mol. The van der Waals surface area contributed by atoms with Crippen LogP contribution in [-0.2, 0) is 16.0 Å². The molecule has 0 saturated carbocycles. The Morgan fingerprint density at radius 1 is 1.19 bits per heavy atom. The molecule has 0 aromatic carbocycles. The molecule has 0 spiro atoms. The van der Waals surface area contributed by atoms with Gasteiger partial charge in [-0.05, 0) is 6.92 Å². The Labute approximate surface area is 127 Å². The molecule has 0 saturated heterocycles. The highest BCUT2D eigenvalue weighted by atomic mass is 16.5. The number of nitrogens with one attached hydrogen (secondary N) is 1. The van der Waals surface area contributed by atoms with E-state index in [-0.39, 0.29) is 6.04 Å². The number of anilines is 1. The van der Waals surface area contributed by atoms with E-state index >= 15 is 0 Å². The van der Waals surface area contributed by atoms with E-state index in [9.17, 15) is 0 Å². The summed E-state index contributed by atoms with van der Waals surface area (Å²) in [6.45, 7) is 9.10. The third-order valence-electron chi connectivity index (χ3n) is 3.13. The molecule has 0 aliphatic carbocycles. The lowest BCUT2D eigenvalue weighted by molar-refractivity contribution is 0.170. The highest BCUT2D eigenvalue weighted by Gasteiger charge is 2.16. The van der Waals surface area contributed by atoms with Gasteiger partial charge in [0.15, 0.2) is 0 Å². The number of hydrogen-bond acceptors (Lipinski definition) is 6. The molecular formula is C15H28N4O2. The predicted molar refractivity (Wildman–Crippen MR) is 84.6 cm³/mol. The quantitative estimate of drug-likeness (QED) is 0.705. The lowest BCUT2D eigenvalue weighted by Gasteiger charge is -2.29. The van der Waals surface area contributed by atoms with Gasteiger partial charge in [-0.1, -0.05) is 13.8 Å². The van der Waals surface area contributed by atoms with Gasteiger partial charge in [0.2, 0.25) is 0 Å². The largest absolute Gasteiger partial charge is 0.383 e. The summed E-state index contributed by atoms with van der Waals surface area (Å²) in [6.07, 6.45) is 3.59. The summed E-state index contributed by atoms with van der Waals surface area (Å²) in [5.41, 5.74) is 0.938. The van der Waals surface area contributed by atoms with Crippen LogP contribution in [0.25, 0.3) is 0 Å². The van der Waals surface area contributed by atoms with Crippen molar-refractivity contribution < 1.29 is 9.47 Å². The summed E-state index contributed by atoms with van der Waals surface area (Å²) in [4.78, 5) is 11.2. The fraction of sp³-hybridized carbons (Fsp3) is 0.733. The Bertz CT molecular complexity index is 401. The molecule has 1 unspecified atom stereocenters. The molecule has 120 valence electrons. The molecular weight excluding hydrogens is 268 g/mol. The molecule has 0 aliphatic heterocycles. The number of ether oxygens (including phenoxy) is 2. The molecule has 0 amide bonds. The predicted octanol–water partition coefficient (Wildman–Crippen LogP) is 1.46. The second-order valence-corrected chi connectivity index (χ2v) is 5.39. The Morgan fingerprint density at radius 2 is 1.95 bits per heavy atom. The van der Waals surface area contributed by atoms with E-state index in [0.717, 1.165) is 24.6 Å². The van der Waals surface area contributed by atoms with E-state index in [1.54, 1.807) is 26.6 Å². The minimum absolute atomic E-state index is 0.216. The van der Waals surface area contributed by atoms with Crippen molar-refractivity contribution in [3.63, 3.8) is 0 Å². The van der Waals surface area contributed by atoms with Crippen molar-refractivity contribution in [1.82, 2.24) is 15.3 Å². The smallest absolute Gasteiger partial charge is 0.147 e. The second kappa shape index (κ2) is 9.65. The van der Waals surface area contributed by atoms with Gasteiger partial charge in [0.25, 0.3) is 0 Å². The van der Waals surface area contributed by atoms with Gasteiger partial charge < -0.3 is 19.7 Å². The average molecular weight is 296 g/mol. The standard InChI is InChI=1S/C15H28N4O2/c1-12(2)17-9-14-8-16-10-15(18-14)19(6-7-20-4)13(3)11-21-5/h8,10,12-13,17H,6-7,9,11H2,1-5H3. The molecule has 0 radical (unpaired) electrons. The Balaban J connectivity index is 2.82. The maximum absolute atomic E-state index is 5.25. The van der Waals surface area contributed by atoms with Crippen LogP contribution >= 0.6 is 0 Å². The van der Waals surface area contributed by atoms with Crippen LogP contribution in [0.5, 0.6) is 0 Å². The summed E-state index contributed by atoms with van der Waals surface area (Å²) in [5, 5.41) is 3.36. The minimum atomic E-state index is 0.216. The van der Waals surface area contributed by atoms with E-state index in [1.165, 1.54) is 0 Å². The Morgan fingerprint density at radius 3 is 2.57 bits per heavy atom. The zero-order valence-corrected chi connectivity index (χ0v) is 13.8. The molecule has 21 heavy (non-hydrogen) atoms. The van der Waals surface area contributed by atoms with E-state index in [2.05, 4.69) is 36.0 Å². The molecule has 0 fully saturated rings. The number of hydrogen-bond donors (Lipinski definition) is 1. The third kappa shape index (κ3) is 6.37. The van der Waals surface area contributed by atoms with Gasteiger partial charge in [-0.15, -0.1) is 0 Å². The fourth-order valence-corrected chi connectivity index (χ4v) is 2.01. The minimum Gasteiger partial charge on any atom is -0.383 e. The highest BCUT2D eigenvalue weighted by Crippen LogP contribution is 2.13. The summed E-state index contributed by atoms with van der Waals surface area (Å²) < 4.78 is 10.4. The van der Waals surface area contributed by atoms with Gasteiger partial charge in [-0.25, -0.2) is 4.98 Å². The third-order valence-corrected chi connectivity index (χ3v) is 3.13. The van der Waals surface area contributed by atoms with Crippen LogP contribution in [0, 0.1) is 0 Å². The topological polar surface area (TPSA) is 59.5 Å². The lowest BCUT2D eigenvalue weighted by Crippen LogP contribution is -2.39. The van der Waals surface area contributed by atoms with Crippen LogP contribution in [-0.4, -0.2) is 56.0 Å². The molecule has 1 aromatic rings. The SMILES string of the molecule is COCCN(c1cncc(CNC(C)C)n1)C(C)COC. The number of nitrogens with zero attached hydrogens (tertiary/aromatic N) is 3. The van der Waals surface area contributed by atoms with Crippen LogP contribution in [0.4, 0.5) is 5.82 Å². The molecule has 6 heteroatoms. The summed E-state index contributed by atoms with van der Waals surface area (Å²) >= 11 is 0. The summed E-state index contributed by atoms with van der Waals surface area (Å²) in [6, 6.07) is 0.639. The van der Waals surface area contributed by atoms with Crippen LogP contribution in [0.2, 0.25) is 0 Å². The molecule has 1 rings (SSSR count). The fourth-order valence-electron chi connectivity index (χ4n) is 2.01. The van der Waals surface area contributed by atoms with Crippen molar-refractivity contribution in [2.75, 3.05) is 38.9 Å². The van der Waals surface area contributed by atoms with Crippen molar-refractivity contribution >= 4 is 5.82 Å². The van der Waals surface area contributed by atoms with E-state index in [4.69, 9.17) is 14.5 Å². The van der Waals surface area contributed by atoms with Gasteiger partial charge in [0.1, 0.15) is 5.82 Å². The number of rotatable bonds is 10. The first kappa shape index (κ1) is 17.8. The highest BCUT2D eigenvalue weighted by molar-refractivity contribution is 5.37. The Hall–Kier alpha value is -1.24. The molecule has 1 atom stereocenters. The van der Waals surface area contributed by atoms with E-state index < -0.39 is 0 Å². The maximum Gasteiger partial charge on any atom is 0.147 e. The van der Waals surface area contributed by atoms with Crippen LogP contribution < -0.4 is 10.2 Å². The van der Waals surface area contributed by atoms with Crippen molar-refractivity contribution in [2.45, 2.75) is 39.4 Å². The normalized spacial score (nSPS) is 12.7. The van der Waals surface area contributed by atoms with Crippen molar-refractivity contribution in [3.8, 4) is 0 Å². The molecule has 1 N–H and O–H groups in total. The first-order valence-electron chi connectivity index (χ1n) is 7.37. The average Bonchev–Trinajstić information content (AvgIpc) is 2.46. The second-order valence-electron chi connectivity index (χ2n) is 5.39. The number of methoxy groups -OCH3 is 2. The zero-order valence-electron chi connectivity index (χ0n) is 13.8. The van der Waals surface area contributed by atoms with Crippen LogP contribution in [0.1, 0.15) is 26.5 Å². The van der Waals surface area contributed by atoms with Gasteiger partial charge in [0.05, 0.1) is 31.1 Å². The molecule has 1 heterocycles. The molecule has 0 bridgehead atoms. The van der Waals surface area contributed by atoms with E-state index in [0.29, 0.717) is 19.3 Å². The maximum atomic E-state index is 5.25. The van der Waals surface area contributed by atoms with Crippen molar-refractivity contribution in [2.24, 2.45) is 0 Å². The summed E-state index contributed by atoms with van der Waals surface area (Å²) in [7, 11) is 3.41. The first-order valence-corrected chi connectivity index (χ1v) is 7.37. The molecule has 0 aliphatic rings.